The van der Waals surface area contributed by atoms with Crippen LogP contribution in [0.25, 0.3) is 22.3 Å². The van der Waals surface area contributed by atoms with Crippen LogP contribution >= 0.6 is 0 Å². The molecule has 38 heavy (non-hydrogen) atoms. The van der Waals surface area contributed by atoms with Gasteiger partial charge in [-0.2, -0.15) is 0 Å². The number of fused-ring (bicyclic) bond motifs is 5. The molecule has 12 heteroatoms. The Morgan fingerprint density at radius 2 is 2.03 bits per heavy atom. The normalized spacial score (nSPS) is 21.7. The number of carbonyl (C=O) groups is 1. The molecule has 2 aliphatic heterocycles. The number of hydrogen-bond acceptors (Lipinski definition) is 8. The lowest BCUT2D eigenvalue weighted by atomic mass is 9.82. The molecule has 2 atom stereocenters. The maximum Gasteiger partial charge on any atom is 0.343 e. The Hall–Kier alpha value is -3.19. The summed E-state index contributed by atoms with van der Waals surface area (Å²) in [6, 6.07) is 2.19. The van der Waals surface area contributed by atoms with E-state index in [9.17, 15) is 32.6 Å². The minimum Gasteiger partial charge on any atom is -0.458 e. The first kappa shape index (κ1) is 25.1. The molecule has 3 aromatic rings. The second-order valence-corrected chi connectivity index (χ2v) is 11.9. The van der Waals surface area contributed by atoms with Crippen molar-refractivity contribution < 1.29 is 32.6 Å². The minimum atomic E-state index is -3.83. The van der Waals surface area contributed by atoms with Crippen molar-refractivity contribution in [3.8, 4) is 11.4 Å². The van der Waals surface area contributed by atoms with Gasteiger partial charge in [0.15, 0.2) is 5.60 Å². The quantitative estimate of drug-likeness (QED) is 0.320. The third kappa shape index (κ3) is 3.40. The molecule has 0 spiro atoms. The van der Waals surface area contributed by atoms with Gasteiger partial charge in [0.25, 0.3) is 5.56 Å². The molecule has 6 rings (SSSR count). The summed E-state index contributed by atoms with van der Waals surface area (Å²) in [5.74, 6) is -1.74. The smallest absolute Gasteiger partial charge is 0.343 e. The summed E-state index contributed by atoms with van der Waals surface area (Å²) in [5.41, 5.74) is 1.39. The van der Waals surface area contributed by atoms with Crippen molar-refractivity contribution in [1.29, 1.82) is 0 Å². The van der Waals surface area contributed by atoms with Gasteiger partial charge in [-0.3, -0.25) is 4.79 Å². The van der Waals surface area contributed by atoms with Gasteiger partial charge in [-0.05, 0) is 48.9 Å². The van der Waals surface area contributed by atoms with E-state index < -0.39 is 51.4 Å². The maximum absolute atomic E-state index is 14.9. The van der Waals surface area contributed by atoms with E-state index in [-0.39, 0.29) is 30.7 Å². The molecule has 0 bridgehead atoms. The first-order chi connectivity index (χ1) is 18.0. The zero-order valence-corrected chi connectivity index (χ0v) is 21.6. The van der Waals surface area contributed by atoms with Gasteiger partial charge in [0.05, 0.1) is 41.4 Å². The minimum absolute atomic E-state index is 0.00641. The first-order valence-electron chi connectivity index (χ1n) is 12.4. The number of aryl methyl sites for hydroxylation is 1. The lowest BCUT2D eigenvalue weighted by Crippen LogP contribution is -2.44. The molecule has 1 aliphatic carbocycles. The van der Waals surface area contributed by atoms with Crippen molar-refractivity contribution in [1.82, 2.24) is 14.3 Å². The monoisotopic (exact) mass is 543 g/mol. The van der Waals surface area contributed by atoms with Crippen LogP contribution in [-0.2, 0) is 44.7 Å². The highest BCUT2D eigenvalue weighted by Gasteiger charge is 2.46. The van der Waals surface area contributed by atoms with Crippen molar-refractivity contribution in [3.05, 3.63) is 61.7 Å². The van der Waals surface area contributed by atoms with Crippen molar-refractivity contribution in [3.63, 3.8) is 0 Å². The second kappa shape index (κ2) is 8.40. The number of nitrogens with one attached hydrogen (secondary N) is 1. The van der Waals surface area contributed by atoms with Crippen LogP contribution in [0.15, 0.2) is 16.9 Å². The van der Waals surface area contributed by atoms with Crippen LogP contribution in [0.5, 0.6) is 0 Å². The highest BCUT2D eigenvalue weighted by Crippen LogP contribution is 2.46. The van der Waals surface area contributed by atoms with E-state index in [2.05, 4.69) is 4.72 Å². The van der Waals surface area contributed by atoms with Gasteiger partial charge >= 0.3 is 5.97 Å². The van der Waals surface area contributed by atoms with E-state index in [4.69, 9.17) is 9.72 Å². The molecule has 0 amide bonds. The number of aliphatic hydroxyl groups is 2. The van der Waals surface area contributed by atoms with Crippen LogP contribution < -0.4 is 10.3 Å². The molecule has 0 unspecified atom stereocenters. The standard InChI is InChI=1S/C26H26FN3O7S/c1-3-26(34)16-8-20-23-14(10-30(20)24(32)15(16)11-37-25(26)33)22-18(29-38(35,36)7-6-31)5-4-13-12(2)17(27)9-19(28-23)21(13)22/h8-9,18,29,31,34H,3-7,10-11H2,1-2H3/t18-,26-/m0/s1. The van der Waals surface area contributed by atoms with E-state index in [1.807, 2.05) is 0 Å². The number of aliphatic hydroxyl groups excluding tert-OH is 1. The van der Waals surface area contributed by atoms with E-state index in [0.29, 0.717) is 51.8 Å². The van der Waals surface area contributed by atoms with Crippen LogP contribution in [0, 0.1) is 12.7 Å². The number of carbonyl (C=O) groups excluding carboxylic acids is 1. The van der Waals surface area contributed by atoms with Crippen molar-refractivity contribution in [2.45, 2.75) is 57.9 Å². The zero-order chi connectivity index (χ0) is 27.1. The molecule has 3 aliphatic rings. The molecular weight excluding hydrogens is 517 g/mol. The van der Waals surface area contributed by atoms with Crippen LogP contribution in [0.3, 0.4) is 0 Å². The Balaban J connectivity index is 1.65. The Morgan fingerprint density at radius 3 is 2.74 bits per heavy atom. The number of esters is 1. The van der Waals surface area contributed by atoms with Gasteiger partial charge in [0, 0.05) is 28.6 Å². The maximum atomic E-state index is 14.9. The summed E-state index contributed by atoms with van der Waals surface area (Å²) < 4.78 is 49.5. The number of sulfonamides is 1. The number of nitrogens with zero attached hydrogens (tertiary/aromatic N) is 2. The number of halogens is 1. The molecular formula is C26H26FN3O7S. The molecule has 0 radical (unpaired) electrons. The molecule has 3 N–H and O–H groups in total. The Kier molecular flexibility index (Phi) is 5.55. The summed E-state index contributed by atoms with van der Waals surface area (Å²) in [6.45, 7) is 2.56. The Labute approximate surface area is 217 Å². The number of rotatable bonds is 5. The number of cyclic esters (lactones) is 1. The predicted octanol–water partition coefficient (Wildman–Crippen LogP) is 1.43. The Morgan fingerprint density at radius 1 is 1.26 bits per heavy atom. The number of ether oxygens (including phenoxy) is 1. The molecule has 0 saturated heterocycles. The molecule has 4 heterocycles. The molecule has 0 saturated carbocycles. The molecule has 200 valence electrons. The first-order valence-corrected chi connectivity index (χ1v) is 14.1. The van der Waals surface area contributed by atoms with Gasteiger partial charge in [-0.15, -0.1) is 0 Å². The summed E-state index contributed by atoms with van der Waals surface area (Å²) in [7, 11) is -3.83. The largest absolute Gasteiger partial charge is 0.458 e. The summed E-state index contributed by atoms with van der Waals surface area (Å²) >= 11 is 0. The summed E-state index contributed by atoms with van der Waals surface area (Å²) in [5, 5.41) is 21.0. The average molecular weight is 544 g/mol. The molecule has 10 nitrogen and oxygen atoms in total. The SMILES string of the molecule is CC[C@@]1(O)C(=O)OCc2c1cc1n(c2=O)Cc2c-1nc1cc(F)c(C)c3c1c2[C@@H](NS(=O)(=O)CCO)CC3. The number of pyridine rings is 2. The lowest BCUT2D eigenvalue weighted by Gasteiger charge is -2.31. The van der Waals surface area contributed by atoms with Crippen LogP contribution in [0.2, 0.25) is 0 Å². The Bertz CT molecular complexity index is 1730. The fourth-order valence-corrected chi connectivity index (χ4v) is 7.10. The fraction of sp³-hybridized carbons (Fsp3) is 0.423. The summed E-state index contributed by atoms with van der Waals surface area (Å²) in [4.78, 5) is 30.8. The van der Waals surface area contributed by atoms with Crippen LogP contribution in [-0.4, -0.2) is 46.5 Å². The van der Waals surface area contributed by atoms with Gasteiger partial charge in [-0.1, -0.05) is 6.92 Å². The van der Waals surface area contributed by atoms with Gasteiger partial charge in [-0.25, -0.2) is 27.3 Å². The highest BCUT2D eigenvalue weighted by atomic mass is 32.2. The third-order valence-electron chi connectivity index (χ3n) is 8.06. The van der Waals surface area contributed by atoms with Gasteiger partial charge < -0.3 is 19.5 Å². The van der Waals surface area contributed by atoms with E-state index in [1.165, 1.54) is 10.6 Å². The fourth-order valence-electron chi connectivity index (χ4n) is 6.07. The van der Waals surface area contributed by atoms with Crippen molar-refractivity contribution >= 4 is 26.9 Å². The number of aromatic nitrogens is 2. The second-order valence-electron chi connectivity index (χ2n) is 10.1. The molecule has 2 aromatic heterocycles. The van der Waals surface area contributed by atoms with Crippen molar-refractivity contribution in [2.24, 2.45) is 0 Å². The van der Waals surface area contributed by atoms with E-state index in [1.54, 1.807) is 19.9 Å². The molecule has 1 aromatic carbocycles. The highest BCUT2D eigenvalue weighted by molar-refractivity contribution is 7.89. The zero-order valence-electron chi connectivity index (χ0n) is 20.8. The van der Waals surface area contributed by atoms with Crippen molar-refractivity contribution in [2.75, 3.05) is 12.4 Å². The number of hydrogen-bond donors (Lipinski definition) is 3. The third-order valence-corrected chi connectivity index (χ3v) is 9.42. The van der Waals surface area contributed by atoms with E-state index in [0.717, 1.165) is 5.56 Å². The summed E-state index contributed by atoms with van der Waals surface area (Å²) in [6.07, 6.45) is 0.769. The predicted molar refractivity (Wildman–Crippen MR) is 134 cm³/mol. The van der Waals surface area contributed by atoms with Gasteiger partial charge in [0.2, 0.25) is 10.0 Å². The lowest BCUT2D eigenvalue weighted by molar-refractivity contribution is -0.172. The van der Waals surface area contributed by atoms with Gasteiger partial charge in [0.1, 0.15) is 12.4 Å². The molecule has 0 fully saturated rings. The number of benzene rings is 1. The van der Waals surface area contributed by atoms with Crippen LogP contribution in [0.1, 0.15) is 59.2 Å². The van der Waals surface area contributed by atoms with E-state index >= 15 is 0 Å². The topological polar surface area (TPSA) is 148 Å². The van der Waals surface area contributed by atoms with Crippen LogP contribution in [0.4, 0.5) is 4.39 Å². The average Bonchev–Trinajstić information content (AvgIpc) is 3.24.